The van der Waals surface area contributed by atoms with E-state index in [1.54, 1.807) is 0 Å². The van der Waals surface area contributed by atoms with E-state index < -0.39 is 15.9 Å². The van der Waals surface area contributed by atoms with Crippen LogP contribution in [-0.2, 0) is 14.8 Å². The second kappa shape index (κ2) is 11.1. The minimum Gasteiger partial charge on any atom is -0.355 e. The lowest BCUT2D eigenvalue weighted by Crippen LogP contribution is -2.45. The maximum atomic E-state index is 13.1. The Morgan fingerprint density at radius 3 is 2.79 bits per heavy atom. The van der Waals surface area contributed by atoms with E-state index in [-0.39, 0.29) is 27.4 Å². The fraction of sp³-hybridized carbons (Fsp3) is 0.318. The number of amides is 1. The third kappa shape index (κ3) is 5.92. The Bertz CT molecular complexity index is 1250. The number of rotatable bonds is 8. The molecule has 1 amide bonds. The van der Waals surface area contributed by atoms with Crippen molar-refractivity contribution in [2.75, 3.05) is 25.4 Å². The molecule has 1 fully saturated rings. The molecule has 1 saturated heterocycles. The number of sulfonamides is 1. The van der Waals surface area contributed by atoms with Crippen LogP contribution in [0.25, 0.3) is 11.4 Å². The van der Waals surface area contributed by atoms with Gasteiger partial charge in [0, 0.05) is 36.0 Å². The average molecular weight is 540 g/mol. The summed E-state index contributed by atoms with van der Waals surface area (Å²) in [5.74, 6) is 0.679. The first kappa shape index (κ1) is 25.0. The Labute approximate surface area is 212 Å². The van der Waals surface area contributed by atoms with Crippen LogP contribution in [0.5, 0.6) is 0 Å². The van der Waals surface area contributed by atoms with Gasteiger partial charge in [-0.2, -0.15) is 4.31 Å². The molecule has 3 aromatic rings. The molecule has 34 heavy (non-hydrogen) atoms. The van der Waals surface area contributed by atoms with Gasteiger partial charge >= 0.3 is 0 Å². The molecule has 1 aliphatic rings. The van der Waals surface area contributed by atoms with Crippen molar-refractivity contribution in [3.05, 3.63) is 58.6 Å². The van der Waals surface area contributed by atoms with Crippen LogP contribution in [0, 0.1) is 5.92 Å². The van der Waals surface area contributed by atoms with Crippen LogP contribution in [-0.4, -0.2) is 59.2 Å². The number of nitrogens with one attached hydrogen (secondary N) is 2. The number of halogens is 2. The van der Waals surface area contributed by atoms with Crippen molar-refractivity contribution in [2.45, 2.75) is 22.9 Å². The number of aromatic amines is 1. The second-order valence-corrected chi connectivity index (χ2v) is 11.6. The lowest BCUT2D eigenvalue weighted by Gasteiger charge is -2.31. The zero-order valence-corrected chi connectivity index (χ0v) is 21.2. The number of benzene rings is 2. The summed E-state index contributed by atoms with van der Waals surface area (Å²) in [4.78, 5) is 17.1. The molecule has 0 saturated carbocycles. The van der Waals surface area contributed by atoms with E-state index in [4.69, 9.17) is 23.2 Å². The van der Waals surface area contributed by atoms with Gasteiger partial charge in [0.05, 0.1) is 10.9 Å². The minimum absolute atomic E-state index is 0.0412. The average Bonchev–Trinajstić information content (AvgIpc) is 3.33. The summed E-state index contributed by atoms with van der Waals surface area (Å²) in [5, 5.41) is 11.0. The third-order valence-corrected chi connectivity index (χ3v) is 8.84. The van der Waals surface area contributed by atoms with Gasteiger partial charge in [0.1, 0.15) is 4.90 Å². The van der Waals surface area contributed by atoms with Crippen molar-refractivity contribution in [3.63, 3.8) is 0 Å². The summed E-state index contributed by atoms with van der Waals surface area (Å²) in [5.41, 5.74) is 0.950. The zero-order chi connectivity index (χ0) is 24.1. The van der Waals surface area contributed by atoms with Crippen molar-refractivity contribution in [3.8, 4) is 11.4 Å². The Morgan fingerprint density at radius 2 is 2.00 bits per heavy atom. The van der Waals surface area contributed by atoms with Gasteiger partial charge in [-0.05, 0) is 31.0 Å². The minimum atomic E-state index is -3.85. The Kier molecular flexibility index (Phi) is 8.15. The summed E-state index contributed by atoms with van der Waals surface area (Å²) in [6.45, 7) is 0.854. The quantitative estimate of drug-likeness (QED) is 0.329. The summed E-state index contributed by atoms with van der Waals surface area (Å²) >= 11 is 13.5. The highest BCUT2D eigenvalue weighted by molar-refractivity contribution is 7.99. The molecule has 0 bridgehead atoms. The summed E-state index contributed by atoms with van der Waals surface area (Å²) in [6, 6.07) is 14.0. The zero-order valence-electron chi connectivity index (χ0n) is 18.1. The molecule has 180 valence electrons. The number of nitrogens with zero attached hydrogens (tertiary/aromatic N) is 3. The first-order valence-corrected chi connectivity index (χ1v) is 13.9. The molecule has 4 rings (SSSR count). The van der Waals surface area contributed by atoms with Crippen LogP contribution in [0.1, 0.15) is 12.8 Å². The number of piperidine rings is 1. The van der Waals surface area contributed by atoms with Crippen molar-refractivity contribution in [2.24, 2.45) is 5.92 Å². The fourth-order valence-electron chi connectivity index (χ4n) is 3.69. The third-order valence-electron chi connectivity index (χ3n) is 5.41. The molecule has 1 aromatic heterocycles. The maximum absolute atomic E-state index is 13.1. The molecule has 0 radical (unpaired) electrons. The Hall–Kier alpha value is -2.11. The van der Waals surface area contributed by atoms with E-state index in [2.05, 4.69) is 20.5 Å². The molecule has 1 atom stereocenters. The van der Waals surface area contributed by atoms with Gasteiger partial charge in [-0.3, -0.25) is 9.89 Å². The predicted octanol–water partition coefficient (Wildman–Crippen LogP) is 4.09. The normalized spacial score (nSPS) is 16.9. The van der Waals surface area contributed by atoms with Crippen molar-refractivity contribution in [1.82, 2.24) is 24.8 Å². The first-order chi connectivity index (χ1) is 16.3. The van der Waals surface area contributed by atoms with E-state index in [0.717, 1.165) is 5.56 Å². The molecular weight excluding hydrogens is 517 g/mol. The molecule has 2 N–H and O–H groups in total. The molecule has 0 aliphatic carbocycles. The van der Waals surface area contributed by atoms with Crippen molar-refractivity contribution >= 4 is 50.9 Å². The van der Waals surface area contributed by atoms with Gasteiger partial charge in [-0.15, -0.1) is 5.10 Å². The van der Waals surface area contributed by atoms with Crippen molar-refractivity contribution < 1.29 is 13.2 Å². The van der Waals surface area contributed by atoms with Gasteiger partial charge in [0.15, 0.2) is 5.82 Å². The van der Waals surface area contributed by atoms with Gasteiger partial charge in [0.2, 0.25) is 21.1 Å². The van der Waals surface area contributed by atoms with E-state index in [0.29, 0.717) is 42.7 Å². The molecule has 2 aromatic carbocycles. The second-order valence-electron chi connectivity index (χ2n) is 7.75. The number of aromatic nitrogens is 3. The number of H-pyrrole nitrogens is 1. The van der Waals surface area contributed by atoms with E-state index in [9.17, 15) is 13.2 Å². The molecular formula is C22H23Cl2N5O3S2. The number of thioether (sulfide) groups is 1. The molecule has 2 heterocycles. The summed E-state index contributed by atoms with van der Waals surface area (Å²) < 4.78 is 27.5. The summed E-state index contributed by atoms with van der Waals surface area (Å²) in [7, 11) is -3.85. The predicted molar refractivity (Wildman–Crippen MR) is 133 cm³/mol. The highest BCUT2D eigenvalue weighted by atomic mass is 35.5. The van der Waals surface area contributed by atoms with Crippen LogP contribution >= 0.6 is 35.0 Å². The van der Waals surface area contributed by atoms with Crippen LogP contribution in [0.3, 0.4) is 0 Å². The smallest absolute Gasteiger partial charge is 0.244 e. The Balaban J connectivity index is 1.28. The monoisotopic (exact) mass is 539 g/mol. The fourth-order valence-corrected chi connectivity index (χ4v) is 6.60. The van der Waals surface area contributed by atoms with Crippen LogP contribution in [0.2, 0.25) is 10.0 Å². The van der Waals surface area contributed by atoms with Gasteiger partial charge in [0.25, 0.3) is 0 Å². The van der Waals surface area contributed by atoms with E-state index >= 15 is 0 Å². The highest BCUT2D eigenvalue weighted by Crippen LogP contribution is 2.30. The number of hydrogen-bond acceptors (Lipinski definition) is 6. The maximum Gasteiger partial charge on any atom is 0.244 e. The molecule has 1 aliphatic heterocycles. The lowest BCUT2D eigenvalue weighted by atomic mass is 9.99. The number of carbonyl (C=O) groups is 1. The van der Waals surface area contributed by atoms with Gasteiger partial charge in [-0.25, -0.2) is 13.4 Å². The molecule has 12 heteroatoms. The topological polar surface area (TPSA) is 108 Å². The van der Waals surface area contributed by atoms with E-state index in [1.807, 2.05) is 30.3 Å². The number of hydrogen-bond donors (Lipinski definition) is 2. The molecule has 8 nitrogen and oxygen atoms in total. The molecule has 1 unspecified atom stereocenters. The first-order valence-electron chi connectivity index (χ1n) is 10.7. The van der Waals surface area contributed by atoms with Crippen LogP contribution in [0.4, 0.5) is 0 Å². The van der Waals surface area contributed by atoms with Crippen molar-refractivity contribution in [1.29, 1.82) is 0 Å². The van der Waals surface area contributed by atoms with Gasteiger partial charge < -0.3 is 5.32 Å². The van der Waals surface area contributed by atoms with Gasteiger partial charge in [-0.1, -0.05) is 65.3 Å². The lowest BCUT2D eigenvalue weighted by molar-refractivity contribution is -0.125. The SMILES string of the molecule is O=C(NCCSc1n[nH]c(-c2ccccc2)n1)C1CCCN(S(=O)(=O)c2cc(Cl)ccc2Cl)C1. The standard InChI is InChI=1S/C22H23Cl2N5O3S2/c23-17-8-9-18(24)19(13-17)34(31,32)29-11-4-7-16(14-29)21(30)25-10-12-33-22-26-20(27-28-22)15-5-2-1-3-6-15/h1-3,5-6,8-9,13,16H,4,7,10-12,14H2,(H,25,30)(H,26,27,28). The number of carbonyl (C=O) groups excluding carboxylic acids is 1. The Morgan fingerprint density at radius 1 is 1.21 bits per heavy atom. The van der Waals surface area contributed by atoms with Crippen LogP contribution in [0.15, 0.2) is 58.6 Å². The van der Waals surface area contributed by atoms with E-state index in [1.165, 1.54) is 34.3 Å². The summed E-state index contributed by atoms with van der Waals surface area (Å²) in [6.07, 6.45) is 1.21. The highest BCUT2D eigenvalue weighted by Gasteiger charge is 2.34. The largest absolute Gasteiger partial charge is 0.355 e. The molecule has 0 spiro atoms. The van der Waals surface area contributed by atoms with Crippen LogP contribution < -0.4 is 5.32 Å².